The molecule has 11 heteroatoms. The number of rotatable bonds is 5. The van der Waals surface area contributed by atoms with Gasteiger partial charge in [0.25, 0.3) is 11.5 Å². The number of hydrogen-bond donors (Lipinski definition) is 1. The van der Waals surface area contributed by atoms with Crippen LogP contribution in [0.25, 0.3) is 15.9 Å². The standard InChI is InChI=1S/C22H18F3N5O2S/c1-29(11-17-27-16-7-8-33-19(16)20(31)28-17)21(32)15-10-26-30(18(15)12-5-6-12)14-4-2-3-13(9-14)22(23,24)25/h2-4,7-10,12H,5-6,11H2,1H3,(H,27,28,31). The van der Waals surface area contributed by atoms with Crippen LogP contribution >= 0.6 is 11.3 Å². The largest absolute Gasteiger partial charge is 0.416 e. The second kappa shape index (κ2) is 7.84. The van der Waals surface area contributed by atoms with Crippen LogP contribution in [0, 0.1) is 0 Å². The van der Waals surface area contributed by atoms with Crippen LogP contribution in [0.2, 0.25) is 0 Å². The van der Waals surface area contributed by atoms with Crippen LogP contribution in [0.4, 0.5) is 13.2 Å². The summed E-state index contributed by atoms with van der Waals surface area (Å²) < 4.78 is 41.5. The highest BCUT2D eigenvalue weighted by Gasteiger charge is 2.35. The fourth-order valence-corrected chi connectivity index (χ4v) is 4.52. The molecule has 0 unspecified atom stereocenters. The number of aromatic amines is 1. The molecule has 1 amide bonds. The molecule has 1 aliphatic carbocycles. The zero-order valence-electron chi connectivity index (χ0n) is 17.4. The van der Waals surface area contributed by atoms with Gasteiger partial charge in [-0.15, -0.1) is 11.3 Å². The lowest BCUT2D eigenvalue weighted by atomic mass is 10.1. The Bertz CT molecular complexity index is 1420. The van der Waals surface area contributed by atoms with Gasteiger partial charge in [-0.1, -0.05) is 6.07 Å². The van der Waals surface area contributed by atoms with E-state index in [-0.39, 0.29) is 29.6 Å². The summed E-state index contributed by atoms with van der Waals surface area (Å²) in [5, 5.41) is 6.03. The van der Waals surface area contributed by atoms with Gasteiger partial charge in [-0.3, -0.25) is 9.59 Å². The van der Waals surface area contributed by atoms with Crippen molar-refractivity contribution in [2.45, 2.75) is 31.5 Å². The van der Waals surface area contributed by atoms with Crippen molar-refractivity contribution in [3.63, 3.8) is 0 Å². The summed E-state index contributed by atoms with van der Waals surface area (Å²) in [5.74, 6) is 0.0534. The van der Waals surface area contributed by atoms with E-state index in [4.69, 9.17) is 0 Å². The normalized spacial score (nSPS) is 14.1. The van der Waals surface area contributed by atoms with Gasteiger partial charge in [-0.25, -0.2) is 9.67 Å². The molecule has 0 bridgehead atoms. The van der Waals surface area contributed by atoms with E-state index in [2.05, 4.69) is 15.1 Å². The summed E-state index contributed by atoms with van der Waals surface area (Å²) >= 11 is 1.29. The molecule has 4 aromatic rings. The second-order valence-electron chi connectivity index (χ2n) is 7.99. The topological polar surface area (TPSA) is 83.9 Å². The Morgan fingerprint density at radius 2 is 2.09 bits per heavy atom. The number of benzene rings is 1. The Morgan fingerprint density at radius 3 is 2.82 bits per heavy atom. The first-order valence-corrected chi connectivity index (χ1v) is 11.1. The van der Waals surface area contributed by atoms with Gasteiger partial charge in [0.1, 0.15) is 10.5 Å². The number of H-pyrrole nitrogens is 1. The van der Waals surface area contributed by atoms with Crippen LogP contribution in [0.3, 0.4) is 0 Å². The summed E-state index contributed by atoms with van der Waals surface area (Å²) in [6.45, 7) is 0.0682. The average molecular weight is 473 g/mol. The number of nitrogens with zero attached hydrogens (tertiary/aromatic N) is 4. The maximum absolute atomic E-state index is 13.2. The third-order valence-corrected chi connectivity index (χ3v) is 6.42. The van der Waals surface area contributed by atoms with Gasteiger partial charge in [0, 0.05) is 13.0 Å². The number of aromatic nitrogens is 4. The molecular formula is C22H18F3N5O2S. The Hall–Kier alpha value is -3.47. The fourth-order valence-electron chi connectivity index (χ4n) is 3.79. The van der Waals surface area contributed by atoms with E-state index < -0.39 is 11.7 Å². The predicted octanol–water partition coefficient (Wildman–Crippen LogP) is 4.34. The van der Waals surface area contributed by atoms with Gasteiger partial charge in [0.2, 0.25) is 0 Å². The lowest BCUT2D eigenvalue weighted by Crippen LogP contribution is -2.28. The van der Waals surface area contributed by atoms with Crippen LogP contribution in [-0.4, -0.2) is 37.6 Å². The van der Waals surface area contributed by atoms with Crippen LogP contribution in [-0.2, 0) is 12.7 Å². The number of nitrogens with one attached hydrogen (secondary N) is 1. The van der Waals surface area contributed by atoms with Gasteiger partial charge in [-0.2, -0.15) is 18.3 Å². The highest BCUT2D eigenvalue weighted by molar-refractivity contribution is 7.17. The molecule has 1 N–H and O–H groups in total. The van der Waals surface area contributed by atoms with Crippen LogP contribution in [0.15, 0.2) is 46.7 Å². The van der Waals surface area contributed by atoms with E-state index in [1.54, 1.807) is 18.5 Å². The Kier molecular flexibility index (Phi) is 5.08. The average Bonchev–Trinajstić information content (AvgIpc) is 3.32. The van der Waals surface area contributed by atoms with Gasteiger partial charge < -0.3 is 9.88 Å². The lowest BCUT2D eigenvalue weighted by molar-refractivity contribution is -0.137. The number of amides is 1. The van der Waals surface area contributed by atoms with Crippen molar-refractivity contribution < 1.29 is 18.0 Å². The van der Waals surface area contributed by atoms with E-state index in [9.17, 15) is 22.8 Å². The second-order valence-corrected chi connectivity index (χ2v) is 8.90. The first kappa shape index (κ1) is 21.4. The van der Waals surface area contributed by atoms with Crippen molar-refractivity contribution in [3.8, 4) is 5.69 Å². The maximum atomic E-state index is 13.2. The molecule has 0 atom stereocenters. The minimum Gasteiger partial charge on any atom is -0.334 e. The molecule has 1 aliphatic rings. The van der Waals surface area contributed by atoms with Crippen molar-refractivity contribution in [1.29, 1.82) is 0 Å². The molecular weight excluding hydrogens is 455 g/mol. The summed E-state index contributed by atoms with van der Waals surface area (Å²) in [4.78, 5) is 34.0. The number of halogens is 3. The summed E-state index contributed by atoms with van der Waals surface area (Å²) in [6.07, 6.45) is -1.42. The van der Waals surface area contributed by atoms with Crippen LogP contribution < -0.4 is 5.56 Å². The van der Waals surface area contributed by atoms with Gasteiger partial charge >= 0.3 is 6.18 Å². The predicted molar refractivity (Wildman–Crippen MR) is 117 cm³/mol. The van der Waals surface area contributed by atoms with E-state index in [0.717, 1.165) is 25.0 Å². The van der Waals surface area contributed by atoms with E-state index in [1.807, 2.05) is 0 Å². The van der Waals surface area contributed by atoms with Crippen molar-refractivity contribution in [2.75, 3.05) is 7.05 Å². The Balaban J connectivity index is 1.46. The third-order valence-electron chi connectivity index (χ3n) is 5.52. The number of carbonyl (C=O) groups is 1. The van der Waals surface area contributed by atoms with Crippen molar-refractivity contribution in [3.05, 3.63) is 74.9 Å². The molecule has 0 saturated heterocycles. The molecule has 170 valence electrons. The quantitative estimate of drug-likeness (QED) is 0.468. The molecule has 0 aliphatic heterocycles. The van der Waals surface area contributed by atoms with E-state index in [0.29, 0.717) is 27.3 Å². The summed E-state index contributed by atoms with van der Waals surface area (Å²) in [7, 11) is 1.58. The first-order valence-electron chi connectivity index (χ1n) is 10.2. The number of fused-ring (bicyclic) bond motifs is 1. The number of carbonyl (C=O) groups excluding carboxylic acids is 1. The third kappa shape index (κ3) is 4.04. The molecule has 33 heavy (non-hydrogen) atoms. The van der Waals surface area contributed by atoms with Crippen molar-refractivity contribution in [1.82, 2.24) is 24.6 Å². The monoisotopic (exact) mass is 473 g/mol. The van der Waals surface area contributed by atoms with Crippen LogP contribution in [0.1, 0.15) is 46.2 Å². The van der Waals surface area contributed by atoms with Gasteiger partial charge in [0.15, 0.2) is 0 Å². The van der Waals surface area contributed by atoms with E-state index >= 15 is 0 Å². The fraction of sp³-hybridized carbons (Fsp3) is 0.273. The minimum absolute atomic E-state index is 0.0504. The number of thiophene rings is 1. The molecule has 3 heterocycles. The van der Waals surface area contributed by atoms with Gasteiger partial charge in [-0.05, 0) is 42.5 Å². The highest BCUT2D eigenvalue weighted by atomic mass is 32.1. The van der Waals surface area contributed by atoms with Gasteiger partial charge in [0.05, 0.1) is 40.8 Å². The Morgan fingerprint density at radius 1 is 1.30 bits per heavy atom. The SMILES string of the molecule is CN(Cc1nc2ccsc2c(=O)[nH]1)C(=O)c1cnn(-c2cccc(C(F)(F)F)c2)c1C1CC1. The minimum atomic E-state index is -4.48. The lowest BCUT2D eigenvalue weighted by Gasteiger charge is -2.17. The Labute approximate surface area is 189 Å². The molecule has 0 spiro atoms. The zero-order valence-corrected chi connectivity index (χ0v) is 18.2. The number of alkyl halides is 3. The van der Waals surface area contributed by atoms with Crippen molar-refractivity contribution in [2.24, 2.45) is 0 Å². The summed E-state index contributed by atoms with van der Waals surface area (Å²) in [5.41, 5.74) is 0.707. The molecule has 1 fully saturated rings. The number of hydrogen-bond acceptors (Lipinski definition) is 5. The van der Waals surface area contributed by atoms with E-state index in [1.165, 1.54) is 39.2 Å². The smallest absolute Gasteiger partial charge is 0.334 e. The van der Waals surface area contributed by atoms with Crippen molar-refractivity contribution >= 4 is 27.5 Å². The molecule has 5 rings (SSSR count). The molecule has 3 aromatic heterocycles. The maximum Gasteiger partial charge on any atom is 0.416 e. The zero-order chi connectivity index (χ0) is 23.3. The molecule has 1 saturated carbocycles. The molecule has 7 nitrogen and oxygen atoms in total. The highest BCUT2D eigenvalue weighted by Crippen LogP contribution is 2.43. The van der Waals surface area contributed by atoms with Crippen LogP contribution in [0.5, 0.6) is 0 Å². The molecule has 0 radical (unpaired) electrons. The molecule has 1 aromatic carbocycles. The first-order chi connectivity index (χ1) is 15.7. The summed E-state index contributed by atoms with van der Waals surface area (Å²) in [6, 6.07) is 6.64.